The van der Waals surface area contributed by atoms with Crippen molar-refractivity contribution >= 4 is 37.8 Å². The van der Waals surface area contributed by atoms with Crippen LogP contribution in [0, 0.1) is 0 Å². The Morgan fingerprint density at radius 2 is 2.19 bits per heavy atom. The number of carbonyl (C=O) groups is 1. The first kappa shape index (κ1) is 13.3. The second-order valence-electron chi connectivity index (χ2n) is 2.75. The quantitative estimate of drug-likeness (QED) is 0.472. The van der Waals surface area contributed by atoms with E-state index in [1.807, 2.05) is 6.92 Å². The van der Waals surface area contributed by atoms with Crippen LogP contribution in [-0.2, 0) is 4.79 Å². The van der Waals surface area contributed by atoms with E-state index in [9.17, 15) is 4.79 Å². The molecule has 0 aliphatic heterocycles. The normalized spacial score (nSPS) is 9.69. The summed E-state index contributed by atoms with van der Waals surface area (Å²) in [5, 5.41) is 0. The van der Waals surface area contributed by atoms with Gasteiger partial charge in [-0.05, 0) is 50.9 Å². The van der Waals surface area contributed by atoms with Crippen molar-refractivity contribution in [2.24, 2.45) is 0 Å². The zero-order valence-electron chi connectivity index (χ0n) is 8.63. The van der Waals surface area contributed by atoms with Crippen molar-refractivity contribution in [3.05, 3.63) is 33.7 Å². The van der Waals surface area contributed by atoms with Gasteiger partial charge in [0.05, 0.1) is 11.1 Å². The molecule has 0 fully saturated rings. The third-order valence-corrected chi connectivity index (χ3v) is 3.66. The molecule has 0 heterocycles. The Morgan fingerprint density at radius 1 is 1.50 bits per heavy atom. The van der Waals surface area contributed by atoms with E-state index in [1.165, 1.54) is 0 Å². The van der Waals surface area contributed by atoms with Gasteiger partial charge in [0, 0.05) is 10.5 Å². The fourth-order valence-electron chi connectivity index (χ4n) is 1.02. The van der Waals surface area contributed by atoms with Gasteiger partial charge in [-0.3, -0.25) is 0 Å². The first-order valence-corrected chi connectivity index (χ1v) is 6.13. The fourth-order valence-corrected chi connectivity index (χ4v) is 1.78. The Kier molecular flexibility index (Phi) is 5.02. The molecule has 0 saturated carbocycles. The van der Waals surface area contributed by atoms with Gasteiger partial charge in [-0.2, -0.15) is 0 Å². The van der Waals surface area contributed by atoms with Crippen LogP contribution in [0.25, 0.3) is 0 Å². The van der Waals surface area contributed by atoms with Crippen LogP contribution in [0.1, 0.15) is 6.92 Å². The van der Waals surface area contributed by atoms with Gasteiger partial charge in [0.15, 0.2) is 11.5 Å². The average Bonchev–Trinajstić information content (AvgIpc) is 2.28. The summed E-state index contributed by atoms with van der Waals surface area (Å²) in [5.74, 6) is 0.337. The fraction of sp³-hybridized carbons (Fsp3) is 0.182. The zero-order chi connectivity index (χ0) is 12.1. The molecular weight excluding hydrogens is 340 g/mol. The van der Waals surface area contributed by atoms with E-state index >= 15 is 0 Å². The van der Waals surface area contributed by atoms with Crippen LogP contribution in [0.2, 0.25) is 0 Å². The smallest absolute Gasteiger partial charge is 0.335 e. The number of hydrogen-bond acceptors (Lipinski definition) is 3. The molecule has 0 bridgehead atoms. The van der Waals surface area contributed by atoms with Gasteiger partial charge in [0.25, 0.3) is 0 Å². The van der Waals surface area contributed by atoms with Crippen LogP contribution < -0.4 is 9.47 Å². The summed E-state index contributed by atoms with van der Waals surface area (Å²) < 4.78 is 12.0. The van der Waals surface area contributed by atoms with E-state index in [4.69, 9.17) is 9.47 Å². The van der Waals surface area contributed by atoms with Gasteiger partial charge in [0.1, 0.15) is 0 Å². The molecule has 0 unspecified atom stereocenters. The lowest BCUT2D eigenvalue weighted by Crippen LogP contribution is -2.05. The number of ether oxygens (including phenoxy) is 2. The molecule has 0 aromatic heterocycles. The van der Waals surface area contributed by atoms with Gasteiger partial charge < -0.3 is 9.47 Å². The van der Waals surface area contributed by atoms with Gasteiger partial charge in [-0.25, -0.2) is 4.79 Å². The van der Waals surface area contributed by atoms with Crippen molar-refractivity contribution in [1.29, 1.82) is 0 Å². The van der Waals surface area contributed by atoms with Crippen LogP contribution in [0.3, 0.4) is 0 Å². The molecule has 0 spiro atoms. The van der Waals surface area contributed by atoms with Gasteiger partial charge in [-0.15, -0.1) is 0 Å². The molecule has 0 radical (unpaired) electrons. The molecule has 86 valence electrons. The summed E-state index contributed by atoms with van der Waals surface area (Å²) in [5.41, 5.74) is 0. The molecule has 1 aromatic rings. The largest absolute Gasteiger partial charge is 0.489 e. The van der Waals surface area contributed by atoms with E-state index in [0.717, 1.165) is 10.5 Å². The van der Waals surface area contributed by atoms with Crippen molar-refractivity contribution in [3.8, 4) is 11.5 Å². The van der Waals surface area contributed by atoms with Gasteiger partial charge >= 0.3 is 5.97 Å². The van der Waals surface area contributed by atoms with E-state index in [1.54, 1.807) is 12.1 Å². The number of rotatable bonds is 4. The lowest BCUT2D eigenvalue weighted by molar-refractivity contribution is -0.129. The summed E-state index contributed by atoms with van der Waals surface area (Å²) in [7, 11) is 0. The van der Waals surface area contributed by atoms with E-state index in [2.05, 4.69) is 38.4 Å². The van der Waals surface area contributed by atoms with E-state index < -0.39 is 5.97 Å². The second-order valence-corrected chi connectivity index (χ2v) is 4.39. The van der Waals surface area contributed by atoms with Crippen LogP contribution >= 0.6 is 31.9 Å². The highest BCUT2D eigenvalue weighted by atomic mass is 79.9. The summed E-state index contributed by atoms with van der Waals surface area (Å²) in [6.07, 6.45) is 1.10. The highest BCUT2D eigenvalue weighted by Gasteiger charge is 2.14. The average molecular weight is 350 g/mol. The molecular formula is C11H10Br2O3. The van der Waals surface area contributed by atoms with E-state index in [0.29, 0.717) is 22.6 Å². The minimum Gasteiger partial charge on any atom is -0.489 e. The Bertz CT molecular complexity index is 416. The van der Waals surface area contributed by atoms with Crippen LogP contribution in [0.4, 0.5) is 0 Å². The highest BCUT2D eigenvalue weighted by molar-refractivity contribution is 9.13. The van der Waals surface area contributed by atoms with Crippen LogP contribution in [0.5, 0.6) is 11.5 Å². The van der Waals surface area contributed by atoms with Crippen LogP contribution in [-0.4, -0.2) is 12.6 Å². The lowest BCUT2D eigenvalue weighted by Gasteiger charge is -2.12. The van der Waals surface area contributed by atoms with Crippen molar-refractivity contribution in [3.63, 3.8) is 0 Å². The van der Waals surface area contributed by atoms with Crippen molar-refractivity contribution < 1.29 is 14.3 Å². The van der Waals surface area contributed by atoms with Gasteiger partial charge in [-0.1, -0.05) is 6.58 Å². The predicted octanol–water partition coefficient (Wildman–Crippen LogP) is 3.70. The molecule has 0 N–H and O–H groups in total. The standard InChI is InChI=1S/C11H10Br2O3/c1-3-9(14)16-8-6-5-7(12)10(13)11(8)15-4-2/h3,5-6H,1,4H2,2H3. The first-order valence-electron chi connectivity index (χ1n) is 4.55. The lowest BCUT2D eigenvalue weighted by atomic mass is 10.3. The molecule has 1 rings (SSSR count). The molecule has 0 aliphatic rings. The minimum absolute atomic E-state index is 0.363. The molecule has 1 aromatic carbocycles. The molecule has 0 aliphatic carbocycles. The van der Waals surface area contributed by atoms with Crippen molar-refractivity contribution in [2.75, 3.05) is 6.61 Å². The molecule has 3 nitrogen and oxygen atoms in total. The topological polar surface area (TPSA) is 35.5 Å². The number of hydrogen-bond donors (Lipinski definition) is 0. The predicted molar refractivity (Wildman–Crippen MR) is 68.8 cm³/mol. The highest BCUT2D eigenvalue weighted by Crippen LogP contribution is 2.40. The van der Waals surface area contributed by atoms with Crippen molar-refractivity contribution in [2.45, 2.75) is 6.92 Å². The Labute approximate surface area is 111 Å². The third-order valence-electron chi connectivity index (χ3n) is 1.68. The summed E-state index contributed by atoms with van der Waals surface area (Å²) >= 11 is 6.70. The number of benzene rings is 1. The van der Waals surface area contributed by atoms with Gasteiger partial charge in [0.2, 0.25) is 0 Å². The monoisotopic (exact) mass is 348 g/mol. The molecule has 0 amide bonds. The number of halogens is 2. The molecule has 16 heavy (non-hydrogen) atoms. The summed E-state index contributed by atoms with van der Waals surface area (Å²) in [6, 6.07) is 3.42. The summed E-state index contributed by atoms with van der Waals surface area (Å²) in [4.78, 5) is 11.1. The number of carbonyl (C=O) groups excluding carboxylic acids is 1. The maximum atomic E-state index is 11.1. The Morgan fingerprint density at radius 3 is 2.75 bits per heavy atom. The Hall–Kier alpha value is -0.810. The Balaban J connectivity index is 3.12. The maximum absolute atomic E-state index is 11.1. The van der Waals surface area contributed by atoms with Crippen molar-refractivity contribution in [1.82, 2.24) is 0 Å². The number of esters is 1. The molecule has 5 heteroatoms. The summed E-state index contributed by atoms with van der Waals surface area (Å²) in [6.45, 7) is 5.67. The maximum Gasteiger partial charge on any atom is 0.335 e. The minimum atomic E-state index is -0.518. The molecule has 0 saturated heterocycles. The third kappa shape index (κ3) is 3.09. The zero-order valence-corrected chi connectivity index (χ0v) is 11.8. The van der Waals surface area contributed by atoms with E-state index in [-0.39, 0.29) is 0 Å². The SMILES string of the molecule is C=CC(=O)Oc1ccc(Br)c(Br)c1OCC. The molecule has 0 atom stereocenters. The second kappa shape index (κ2) is 6.06. The first-order chi connectivity index (χ1) is 7.60. The van der Waals surface area contributed by atoms with Crippen LogP contribution in [0.15, 0.2) is 33.7 Å².